The summed E-state index contributed by atoms with van der Waals surface area (Å²) in [6.45, 7) is 1.79. The summed E-state index contributed by atoms with van der Waals surface area (Å²) in [6, 6.07) is 0. The summed E-state index contributed by atoms with van der Waals surface area (Å²) in [6.07, 6.45) is 6.89. The van der Waals surface area contributed by atoms with Gasteiger partial charge in [0.2, 0.25) is 0 Å². The molecule has 0 aliphatic rings. The van der Waals surface area contributed by atoms with Gasteiger partial charge in [-0.2, -0.15) is 0 Å². The van der Waals surface area contributed by atoms with Crippen LogP contribution in [0.2, 0.25) is 0 Å². The fourth-order valence-electron chi connectivity index (χ4n) is 2.55. The lowest BCUT2D eigenvalue weighted by Crippen LogP contribution is -2.11. The van der Waals surface area contributed by atoms with Crippen LogP contribution in [0.5, 0.6) is 0 Å². The average Bonchev–Trinajstić information content (AvgIpc) is 3.46. The number of aryl methyl sites for hydroxylation is 3. The molecule has 0 saturated carbocycles. The molecule has 0 saturated heterocycles. The SMILES string of the molecule is OCCCn1cc(N(c2cn(CCCO)nn2)c2cn(CCCO)nn2)nn1. The van der Waals surface area contributed by atoms with Crippen LogP contribution in [0.25, 0.3) is 0 Å². The highest BCUT2D eigenvalue weighted by atomic mass is 16.3. The molecule has 0 aromatic carbocycles. The molecule has 0 bridgehead atoms. The van der Waals surface area contributed by atoms with Crippen LogP contribution in [-0.2, 0) is 19.6 Å². The highest BCUT2D eigenvalue weighted by molar-refractivity contribution is 5.67. The molecule has 0 fully saturated rings. The van der Waals surface area contributed by atoms with Crippen LogP contribution in [-0.4, -0.2) is 80.1 Å². The Morgan fingerprint density at radius 1 is 0.607 bits per heavy atom. The zero-order valence-corrected chi connectivity index (χ0v) is 15.4. The van der Waals surface area contributed by atoms with Crippen LogP contribution in [0, 0.1) is 0 Å². The third-order valence-corrected chi connectivity index (χ3v) is 3.90. The Bertz CT molecular complexity index is 735. The normalized spacial score (nSPS) is 11.2. The third-order valence-electron chi connectivity index (χ3n) is 3.90. The van der Waals surface area contributed by atoms with Gasteiger partial charge in [-0.1, -0.05) is 15.6 Å². The minimum Gasteiger partial charge on any atom is -0.396 e. The summed E-state index contributed by atoms with van der Waals surface area (Å²) in [5.74, 6) is 1.46. The van der Waals surface area contributed by atoms with Crippen molar-refractivity contribution >= 4 is 17.5 Å². The molecule has 3 aromatic rings. The first-order valence-corrected chi connectivity index (χ1v) is 9.08. The second-order valence-electron chi connectivity index (χ2n) is 6.09. The minimum atomic E-state index is 0.0667. The predicted octanol–water partition coefficient (Wildman–Crippen LogP) is -0.922. The molecule has 0 aliphatic carbocycles. The van der Waals surface area contributed by atoms with E-state index < -0.39 is 0 Å². The van der Waals surface area contributed by atoms with Crippen molar-refractivity contribution in [3.63, 3.8) is 0 Å². The van der Waals surface area contributed by atoms with Crippen LogP contribution < -0.4 is 4.90 Å². The van der Waals surface area contributed by atoms with Gasteiger partial charge >= 0.3 is 0 Å². The van der Waals surface area contributed by atoms with Gasteiger partial charge in [-0.05, 0) is 19.3 Å². The van der Waals surface area contributed by atoms with E-state index in [0.29, 0.717) is 56.4 Å². The zero-order valence-electron chi connectivity index (χ0n) is 15.4. The van der Waals surface area contributed by atoms with Crippen molar-refractivity contribution in [3.8, 4) is 0 Å². The topological polar surface area (TPSA) is 156 Å². The van der Waals surface area contributed by atoms with Gasteiger partial charge in [0.1, 0.15) is 0 Å². The van der Waals surface area contributed by atoms with E-state index in [1.165, 1.54) is 0 Å². The highest BCUT2D eigenvalue weighted by Gasteiger charge is 2.22. The Morgan fingerprint density at radius 3 is 1.21 bits per heavy atom. The maximum atomic E-state index is 9.00. The maximum Gasteiger partial charge on any atom is 0.182 e. The van der Waals surface area contributed by atoms with Crippen molar-refractivity contribution in [2.45, 2.75) is 38.9 Å². The highest BCUT2D eigenvalue weighted by Crippen LogP contribution is 2.29. The number of anilines is 3. The first-order valence-electron chi connectivity index (χ1n) is 9.08. The summed E-state index contributed by atoms with van der Waals surface area (Å²) in [5, 5.41) is 51.8. The van der Waals surface area contributed by atoms with Gasteiger partial charge < -0.3 is 15.3 Å². The van der Waals surface area contributed by atoms with E-state index in [-0.39, 0.29) is 19.8 Å². The first-order chi connectivity index (χ1) is 13.7. The number of aliphatic hydroxyl groups is 3. The van der Waals surface area contributed by atoms with E-state index in [1.54, 1.807) is 37.5 Å². The lowest BCUT2D eigenvalue weighted by molar-refractivity contribution is 0.276. The Labute approximate surface area is 160 Å². The quantitative estimate of drug-likeness (QED) is 0.352. The average molecular weight is 392 g/mol. The molecule has 0 aliphatic heterocycles. The summed E-state index contributed by atoms with van der Waals surface area (Å²) in [7, 11) is 0. The first kappa shape index (κ1) is 19.9. The Kier molecular flexibility index (Phi) is 7.00. The lowest BCUT2D eigenvalue weighted by Gasteiger charge is -2.14. The second kappa shape index (κ2) is 9.87. The molecule has 3 N–H and O–H groups in total. The number of rotatable bonds is 12. The van der Waals surface area contributed by atoms with Gasteiger partial charge in [0.25, 0.3) is 0 Å². The summed E-state index contributed by atoms with van der Waals surface area (Å²) >= 11 is 0. The molecule has 3 heterocycles. The number of aromatic nitrogens is 9. The van der Waals surface area contributed by atoms with Gasteiger partial charge in [0.15, 0.2) is 17.5 Å². The monoisotopic (exact) mass is 392 g/mol. The number of hydrogen-bond donors (Lipinski definition) is 3. The molecule has 0 radical (unpaired) electrons. The molecule has 13 nitrogen and oxygen atoms in total. The van der Waals surface area contributed by atoms with Crippen LogP contribution in [0.3, 0.4) is 0 Å². The van der Waals surface area contributed by atoms with Gasteiger partial charge in [0, 0.05) is 39.5 Å². The molecular weight excluding hydrogens is 368 g/mol. The Morgan fingerprint density at radius 2 is 0.929 bits per heavy atom. The molecule has 152 valence electrons. The lowest BCUT2D eigenvalue weighted by atomic mass is 10.4. The summed E-state index contributed by atoms with van der Waals surface area (Å²) < 4.78 is 4.89. The van der Waals surface area contributed by atoms with Crippen molar-refractivity contribution in [2.75, 3.05) is 24.7 Å². The van der Waals surface area contributed by atoms with E-state index in [2.05, 4.69) is 30.9 Å². The molecule has 28 heavy (non-hydrogen) atoms. The van der Waals surface area contributed by atoms with Gasteiger partial charge in [-0.3, -0.25) is 18.9 Å². The molecule has 0 amide bonds. The molecule has 3 aromatic heterocycles. The Hall–Kier alpha value is -2.90. The molecular formula is C15H24N10O3. The van der Waals surface area contributed by atoms with Gasteiger partial charge in [-0.15, -0.1) is 15.3 Å². The second-order valence-corrected chi connectivity index (χ2v) is 6.09. The largest absolute Gasteiger partial charge is 0.396 e. The van der Waals surface area contributed by atoms with E-state index in [1.807, 2.05) is 0 Å². The Balaban J connectivity index is 1.88. The van der Waals surface area contributed by atoms with Gasteiger partial charge in [0.05, 0.1) is 18.6 Å². The van der Waals surface area contributed by atoms with E-state index in [4.69, 9.17) is 15.3 Å². The van der Waals surface area contributed by atoms with E-state index >= 15 is 0 Å². The predicted molar refractivity (Wildman–Crippen MR) is 97.0 cm³/mol. The van der Waals surface area contributed by atoms with Crippen molar-refractivity contribution in [1.29, 1.82) is 0 Å². The number of aliphatic hydroxyl groups excluding tert-OH is 3. The van der Waals surface area contributed by atoms with Gasteiger partial charge in [-0.25, -0.2) is 0 Å². The zero-order chi connectivity index (χ0) is 19.8. The van der Waals surface area contributed by atoms with Crippen molar-refractivity contribution < 1.29 is 15.3 Å². The number of hydrogen-bond acceptors (Lipinski definition) is 10. The molecule has 0 atom stereocenters. The molecule has 3 rings (SSSR count). The van der Waals surface area contributed by atoms with Crippen LogP contribution in [0.4, 0.5) is 17.5 Å². The smallest absolute Gasteiger partial charge is 0.182 e. The van der Waals surface area contributed by atoms with Crippen LogP contribution >= 0.6 is 0 Å². The van der Waals surface area contributed by atoms with Crippen molar-refractivity contribution in [2.24, 2.45) is 0 Å². The van der Waals surface area contributed by atoms with Crippen molar-refractivity contribution in [1.82, 2.24) is 45.0 Å². The summed E-state index contributed by atoms with van der Waals surface area (Å²) in [4.78, 5) is 1.67. The fraction of sp³-hybridized carbons (Fsp3) is 0.600. The van der Waals surface area contributed by atoms with Crippen molar-refractivity contribution in [3.05, 3.63) is 18.6 Å². The summed E-state index contributed by atoms with van der Waals surface area (Å²) in [5.41, 5.74) is 0. The third kappa shape index (κ3) is 4.88. The van der Waals surface area contributed by atoms with E-state index in [9.17, 15) is 0 Å². The number of nitrogens with zero attached hydrogens (tertiary/aromatic N) is 10. The molecule has 0 spiro atoms. The maximum absolute atomic E-state index is 9.00. The fourth-order valence-corrected chi connectivity index (χ4v) is 2.55. The minimum absolute atomic E-state index is 0.0667. The van der Waals surface area contributed by atoms with Crippen LogP contribution in [0.1, 0.15) is 19.3 Å². The standard InChI is InChI=1S/C15H24N10O3/c26-7-1-4-22-10-13(16-19-22)25(14-11-23(20-17-14)5-2-8-27)15-12-24(21-18-15)6-3-9-28/h10-12,26-28H,1-9H2. The molecule has 13 heteroatoms. The molecule has 0 unspecified atom stereocenters. The van der Waals surface area contributed by atoms with Crippen LogP contribution in [0.15, 0.2) is 18.6 Å². The van der Waals surface area contributed by atoms with E-state index in [0.717, 1.165) is 0 Å².